The Balaban J connectivity index is 2.92. The first-order valence-corrected chi connectivity index (χ1v) is 6.40. The number of hydrogen-bond acceptors (Lipinski definition) is 2. The first-order chi connectivity index (χ1) is 8.58. The minimum atomic E-state index is 0.627. The third-order valence-corrected chi connectivity index (χ3v) is 2.82. The molecule has 0 unspecified atom stereocenters. The van der Waals surface area contributed by atoms with Crippen molar-refractivity contribution in [1.82, 2.24) is 0 Å². The number of hydrogen-bond donors (Lipinski definition) is 0. The van der Waals surface area contributed by atoms with E-state index < -0.39 is 0 Å². The summed E-state index contributed by atoms with van der Waals surface area (Å²) in [7, 11) is 0. The minimum absolute atomic E-state index is 0.627. The van der Waals surface area contributed by atoms with Gasteiger partial charge in [-0.15, -0.1) is 6.58 Å². The van der Waals surface area contributed by atoms with Crippen LogP contribution >= 0.6 is 0 Å². The van der Waals surface area contributed by atoms with Crippen molar-refractivity contribution >= 4 is 6.29 Å². The third kappa shape index (κ3) is 4.02. The summed E-state index contributed by atoms with van der Waals surface area (Å²) in [6, 6.07) is 3.75. The molecule has 18 heavy (non-hydrogen) atoms. The van der Waals surface area contributed by atoms with Crippen LogP contribution in [0.3, 0.4) is 0 Å². The number of rotatable bonds is 7. The second kappa shape index (κ2) is 7.00. The molecule has 1 aromatic carbocycles. The Hall–Kier alpha value is -1.57. The van der Waals surface area contributed by atoms with E-state index in [2.05, 4.69) is 20.4 Å². The van der Waals surface area contributed by atoms with E-state index in [1.165, 1.54) is 0 Å². The summed E-state index contributed by atoms with van der Waals surface area (Å²) in [6.07, 6.45) is 4.46. The fraction of sp³-hybridized carbons (Fsp3) is 0.438. The van der Waals surface area contributed by atoms with Gasteiger partial charge in [-0.2, -0.15) is 0 Å². The van der Waals surface area contributed by atoms with Gasteiger partial charge in [0.05, 0.1) is 6.61 Å². The number of carbonyl (C=O) groups is 1. The molecule has 1 rings (SSSR count). The molecule has 0 bridgehead atoms. The highest BCUT2D eigenvalue weighted by atomic mass is 16.5. The van der Waals surface area contributed by atoms with Gasteiger partial charge in [-0.3, -0.25) is 4.79 Å². The number of ether oxygens (including phenoxy) is 1. The normalized spacial score (nSPS) is 10.4. The zero-order chi connectivity index (χ0) is 13.5. The lowest BCUT2D eigenvalue weighted by molar-refractivity contribution is 0.112. The van der Waals surface area contributed by atoms with Gasteiger partial charge in [0.25, 0.3) is 0 Å². The third-order valence-electron chi connectivity index (χ3n) is 2.82. The second-order valence-electron chi connectivity index (χ2n) is 4.97. The van der Waals surface area contributed by atoms with Crippen LogP contribution in [0.5, 0.6) is 5.75 Å². The molecule has 0 heterocycles. The van der Waals surface area contributed by atoms with Gasteiger partial charge >= 0.3 is 0 Å². The predicted octanol–water partition coefficient (Wildman–Crippen LogP) is 3.96. The number of benzene rings is 1. The van der Waals surface area contributed by atoms with E-state index >= 15 is 0 Å². The van der Waals surface area contributed by atoms with Crippen LogP contribution in [0.2, 0.25) is 0 Å². The number of allylic oxidation sites excluding steroid dienone is 1. The van der Waals surface area contributed by atoms with Crippen molar-refractivity contribution in [1.29, 1.82) is 0 Å². The maximum atomic E-state index is 10.9. The minimum Gasteiger partial charge on any atom is -0.493 e. The van der Waals surface area contributed by atoms with Crippen molar-refractivity contribution in [3.8, 4) is 5.75 Å². The molecule has 0 saturated carbocycles. The number of aldehydes is 1. The lowest BCUT2D eigenvalue weighted by Gasteiger charge is -2.15. The van der Waals surface area contributed by atoms with Crippen LogP contribution in [0.4, 0.5) is 0 Å². The summed E-state index contributed by atoms with van der Waals surface area (Å²) in [5, 5.41) is 0. The summed E-state index contributed by atoms with van der Waals surface area (Å²) < 4.78 is 5.87. The van der Waals surface area contributed by atoms with Gasteiger partial charge < -0.3 is 4.74 Å². The van der Waals surface area contributed by atoms with E-state index in [1.807, 2.05) is 25.1 Å². The maximum Gasteiger partial charge on any atom is 0.150 e. The van der Waals surface area contributed by atoms with E-state index in [0.29, 0.717) is 18.1 Å². The van der Waals surface area contributed by atoms with E-state index in [0.717, 1.165) is 36.0 Å². The van der Waals surface area contributed by atoms with Crippen molar-refractivity contribution in [3.05, 3.63) is 41.5 Å². The molecular weight excluding hydrogens is 224 g/mol. The van der Waals surface area contributed by atoms with E-state index in [9.17, 15) is 4.79 Å². The van der Waals surface area contributed by atoms with Gasteiger partial charge in [-0.25, -0.2) is 0 Å². The van der Waals surface area contributed by atoms with Gasteiger partial charge in [-0.1, -0.05) is 19.9 Å². The monoisotopic (exact) mass is 246 g/mol. The lowest BCUT2D eigenvalue weighted by Crippen LogP contribution is -2.05. The summed E-state index contributed by atoms with van der Waals surface area (Å²) in [5.74, 6) is 1.53. The van der Waals surface area contributed by atoms with E-state index in [1.54, 1.807) is 0 Å². The zero-order valence-corrected chi connectivity index (χ0v) is 11.5. The van der Waals surface area contributed by atoms with Crippen molar-refractivity contribution in [2.45, 2.75) is 33.6 Å². The summed E-state index contributed by atoms with van der Waals surface area (Å²) in [5.41, 5.74) is 2.75. The Morgan fingerprint density at radius 2 is 2.11 bits per heavy atom. The SMILES string of the molecule is C=CCc1cc(C=O)cc(C)c1OCCC(C)C. The second-order valence-corrected chi connectivity index (χ2v) is 4.97. The van der Waals surface area contributed by atoms with Crippen LogP contribution < -0.4 is 4.74 Å². The highest BCUT2D eigenvalue weighted by Crippen LogP contribution is 2.26. The Kier molecular flexibility index (Phi) is 5.63. The van der Waals surface area contributed by atoms with Crippen LogP contribution in [-0.4, -0.2) is 12.9 Å². The van der Waals surface area contributed by atoms with Crippen molar-refractivity contribution in [2.24, 2.45) is 5.92 Å². The Morgan fingerprint density at radius 1 is 1.39 bits per heavy atom. The van der Waals surface area contributed by atoms with Crippen molar-refractivity contribution < 1.29 is 9.53 Å². The van der Waals surface area contributed by atoms with Crippen LogP contribution in [0.25, 0.3) is 0 Å². The first-order valence-electron chi connectivity index (χ1n) is 6.40. The van der Waals surface area contributed by atoms with Gasteiger partial charge in [0, 0.05) is 5.56 Å². The molecule has 2 nitrogen and oxygen atoms in total. The smallest absolute Gasteiger partial charge is 0.150 e. The highest BCUT2D eigenvalue weighted by molar-refractivity contribution is 5.76. The maximum absolute atomic E-state index is 10.9. The summed E-state index contributed by atoms with van der Waals surface area (Å²) in [4.78, 5) is 10.9. The topological polar surface area (TPSA) is 26.3 Å². The van der Waals surface area contributed by atoms with Gasteiger partial charge in [-0.05, 0) is 48.9 Å². The molecule has 2 heteroatoms. The molecule has 0 aliphatic heterocycles. The van der Waals surface area contributed by atoms with Gasteiger partial charge in [0.2, 0.25) is 0 Å². The quantitative estimate of drug-likeness (QED) is 0.537. The highest BCUT2D eigenvalue weighted by Gasteiger charge is 2.09. The molecule has 0 saturated heterocycles. The van der Waals surface area contributed by atoms with Crippen LogP contribution in [-0.2, 0) is 6.42 Å². The molecule has 0 aliphatic rings. The van der Waals surface area contributed by atoms with Crippen LogP contribution in [0, 0.1) is 12.8 Å². The molecule has 0 N–H and O–H groups in total. The predicted molar refractivity (Wildman–Crippen MR) is 75.4 cm³/mol. The Morgan fingerprint density at radius 3 is 2.67 bits per heavy atom. The van der Waals surface area contributed by atoms with Gasteiger partial charge in [0.15, 0.2) is 0 Å². The molecule has 0 aliphatic carbocycles. The first kappa shape index (κ1) is 14.5. The number of carbonyl (C=O) groups excluding carboxylic acids is 1. The molecular formula is C16H22O2. The zero-order valence-electron chi connectivity index (χ0n) is 11.5. The van der Waals surface area contributed by atoms with Crippen molar-refractivity contribution in [3.63, 3.8) is 0 Å². The Bertz CT molecular complexity index is 419. The molecule has 0 radical (unpaired) electrons. The molecule has 98 valence electrons. The van der Waals surface area contributed by atoms with E-state index in [4.69, 9.17) is 4.74 Å². The van der Waals surface area contributed by atoms with Gasteiger partial charge in [0.1, 0.15) is 12.0 Å². The molecule has 0 atom stereocenters. The van der Waals surface area contributed by atoms with E-state index in [-0.39, 0.29) is 0 Å². The summed E-state index contributed by atoms with van der Waals surface area (Å²) in [6.45, 7) is 10.8. The fourth-order valence-electron chi connectivity index (χ4n) is 1.86. The summed E-state index contributed by atoms with van der Waals surface area (Å²) >= 11 is 0. The molecule has 0 aromatic heterocycles. The molecule has 0 fully saturated rings. The average Bonchev–Trinajstić information content (AvgIpc) is 2.32. The molecule has 1 aromatic rings. The largest absolute Gasteiger partial charge is 0.493 e. The lowest BCUT2D eigenvalue weighted by atomic mass is 10.0. The standard InChI is InChI=1S/C16H22O2/c1-5-6-15-10-14(11-17)9-13(4)16(15)18-8-7-12(2)3/h5,9-12H,1,6-8H2,2-4H3. The number of aryl methyl sites for hydroxylation is 1. The Labute approximate surface area is 110 Å². The fourth-order valence-corrected chi connectivity index (χ4v) is 1.86. The molecule has 0 spiro atoms. The van der Waals surface area contributed by atoms with Crippen LogP contribution in [0.1, 0.15) is 41.8 Å². The average molecular weight is 246 g/mol. The van der Waals surface area contributed by atoms with Crippen LogP contribution in [0.15, 0.2) is 24.8 Å². The van der Waals surface area contributed by atoms with Crippen molar-refractivity contribution in [2.75, 3.05) is 6.61 Å². The molecule has 0 amide bonds.